The van der Waals surface area contributed by atoms with Crippen LogP contribution in [0.5, 0.6) is 5.75 Å². The van der Waals surface area contributed by atoms with Gasteiger partial charge >= 0.3 is 0 Å². The van der Waals surface area contributed by atoms with Crippen molar-refractivity contribution in [1.29, 1.82) is 0 Å². The van der Waals surface area contributed by atoms with Crippen LogP contribution in [-0.4, -0.2) is 22.9 Å². The van der Waals surface area contributed by atoms with Gasteiger partial charge in [-0.15, -0.1) is 11.3 Å². The van der Waals surface area contributed by atoms with E-state index in [-0.39, 0.29) is 5.82 Å². The van der Waals surface area contributed by atoms with Gasteiger partial charge in [-0.25, -0.2) is 9.37 Å². The Morgan fingerprint density at radius 1 is 1.17 bits per heavy atom. The molecule has 1 heterocycles. The number of thiazole rings is 1. The molecule has 0 radical (unpaired) electrons. The van der Waals surface area contributed by atoms with Gasteiger partial charge in [-0.3, -0.25) is 20.4 Å². The first-order valence-electron chi connectivity index (χ1n) is 8.59. The molecule has 29 heavy (non-hydrogen) atoms. The molecular weight excluding hydrogens is 461 g/mol. The Bertz CT molecular complexity index is 1040. The molecule has 0 aliphatic rings. The summed E-state index contributed by atoms with van der Waals surface area (Å²) < 4.78 is 19.5. The topological polar surface area (TPSA) is 80.3 Å². The van der Waals surface area contributed by atoms with Crippen LogP contribution in [0.25, 0.3) is 10.6 Å². The lowest BCUT2D eigenvalue weighted by Crippen LogP contribution is -2.47. The zero-order valence-electron chi connectivity index (χ0n) is 15.5. The molecule has 9 heteroatoms. The largest absolute Gasteiger partial charge is 0.481 e. The van der Waals surface area contributed by atoms with Gasteiger partial charge in [0.2, 0.25) is 0 Å². The minimum absolute atomic E-state index is 0.345. The van der Waals surface area contributed by atoms with Crippen molar-refractivity contribution in [3.8, 4) is 16.3 Å². The van der Waals surface area contributed by atoms with Crippen LogP contribution < -0.4 is 15.6 Å². The molecule has 1 unspecified atom stereocenters. The van der Waals surface area contributed by atoms with Crippen LogP contribution in [0.2, 0.25) is 0 Å². The van der Waals surface area contributed by atoms with Gasteiger partial charge in [0.1, 0.15) is 21.5 Å². The zero-order valence-corrected chi connectivity index (χ0v) is 17.9. The van der Waals surface area contributed by atoms with Crippen LogP contribution in [0.1, 0.15) is 22.3 Å². The molecule has 0 saturated heterocycles. The van der Waals surface area contributed by atoms with E-state index in [0.29, 0.717) is 26.9 Å². The van der Waals surface area contributed by atoms with Crippen molar-refractivity contribution in [3.05, 3.63) is 69.4 Å². The normalized spacial score (nSPS) is 11.6. The molecule has 0 fully saturated rings. The second kappa shape index (κ2) is 9.15. The number of halogens is 2. The number of ether oxygens (including phenoxy) is 1. The van der Waals surface area contributed by atoms with Gasteiger partial charge in [-0.05, 0) is 56.3 Å². The van der Waals surface area contributed by atoms with Gasteiger partial charge in [0.15, 0.2) is 6.10 Å². The number of hydrogen-bond acceptors (Lipinski definition) is 5. The van der Waals surface area contributed by atoms with E-state index < -0.39 is 17.9 Å². The van der Waals surface area contributed by atoms with Crippen LogP contribution in [0.3, 0.4) is 0 Å². The lowest BCUT2D eigenvalue weighted by atomic mass is 10.2. The number of aryl methyl sites for hydroxylation is 1. The van der Waals surface area contributed by atoms with Crippen LogP contribution in [0.4, 0.5) is 4.39 Å². The van der Waals surface area contributed by atoms with Gasteiger partial charge in [-0.2, -0.15) is 0 Å². The van der Waals surface area contributed by atoms with Crippen molar-refractivity contribution in [2.45, 2.75) is 20.0 Å². The Labute approximate surface area is 179 Å². The molecule has 1 atom stereocenters. The van der Waals surface area contributed by atoms with E-state index in [4.69, 9.17) is 4.74 Å². The van der Waals surface area contributed by atoms with Crippen molar-refractivity contribution < 1.29 is 18.7 Å². The van der Waals surface area contributed by atoms with Crippen LogP contribution in [0.15, 0.2) is 53.0 Å². The number of carbonyl (C=O) groups excluding carboxylic acids is 2. The summed E-state index contributed by atoms with van der Waals surface area (Å²) in [6.45, 7) is 3.27. The van der Waals surface area contributed by atoms with E-state index in [0.717, 1.165) is 15.8 Å². The number of amides is 2. The van der Waals surface area contributed by atoms with Crippen LogP contribution >= 0.6 is 27.3 Å². The predicted molar refractivity (Wildman–Crippen MR) is 112 cm³/mol. The second-order valence-electron chi connectivity index (χ2n) is 6.10. The molecule has 2 N–H and O–H groups in total. The average molecular weight is 478 g/mol. The maximum absolute atomic E-state index is 13.1. The van der Waals surface area contributed by atoms with Gasteiger partial charge in [0, 0.05) is 10.0 Å². The minimum Gasteiger partial charge on any atom is -0.481 e. The third-order valence-corrected chi connectivity index (χ3v) is 5.57. The summed E-state index contributed by atoms with van der Waals surface area (Å²) in [5, 5.41) is 0.588. The fourth-order valence-electron chi connectivity index (χ4n) is 2.40. The van der Waals surface area contributed by atoms with Crippen LogP contribution in [-0.2, 0) is 4.79 Å². The zero-order chi connectivity index (χ0) is 21.0. The second-order valence-corrected chi connectivity index (χ2v) is 8.02. The number of benzene rings is 2. The number of nitrogens with one attached hydrogen (secondary N) is 2. The van der Waals surface area contributed by atoms with Gasteiger partial charge in [0.05, 0.1) is 5.69 Å². The molecule has 1 aromatic heterocycles. The molecule has 0 aliphatic carbocycles. The van der Waals surface area contributed by atoms with E-state index >= 15 is 0 Å². The summed E-state index contributed by atoms with van der Waals surface area (Å²) >= 11 is 4.49. The van der Waals surface area contributed by atoms with Gasteiger partial charge in [-0.1, -0.05) is 22.0 Å². The van der Waals surface area contributed by atoms with Crippen molar-refractivity contribution >= 4 is 39.1 Å². The maximum atomic E-state index is 13.1. The highest BCUT2D eigenvalue weighted by Crippen LogP contribution is 2.28. The quantitative estimate of drug-likeness (QED) is 0.538. The molecule has 2 amide bonds. The Kier molecular flexibility index (Phi) is 6.60. The lowest BCUT2D eigenvalue weighted by molar-refractivity contribution is -0.128. The van der Waals surface area contributed by atoms with Crippen LogP contribution in [0, 0.1) is 12.7 Å². The molecule has 0 bridgehead atoms. The molecule has 2 aromatic carbocycles. The summed E-state index contributed by atoms with van der Waals surface area (Å²) in [6, 6.07) is 12.9. The monoisotopic (exact) mass is 477 g/mol. The molecule has 150 valence electrons. The Morgan fingerprint density at radius 3 is 2.59 bits per heavy atom. The molecule has 3 rings (SSSR count). The summed E-state index contributed by atoms with van der Waals surface area (Å²) in [4.78, 5) is 29.3. The average Bonchev–Trinajstić information content (AvgIpc) is 3.08. The number of carbonyl (C=O) groups is 2. The predicted octanol–water partition coefficient (Wildman–Crippen LogP) is 4.25. The number of rotatable bonds is 5. The molecule has 6 nitrogen and oxygen atoms in total. The molecule has 0 aliphatic heterocycles. The highest BCUT2D eigenvalue weighted by atomic mass is 79.9. The first kappa shape index (κ1) is 20.9. The van der Waals surface area contributed by atoms with E-state index in [1.165, 1.54) is 12.1 Å². The summed E-state index contributed by atoms with van der Waals surface area (Å²) in [7, 11) is 0. The Balaban J connectivity index is 1.60. The number of aromatic nitrogens is 1. The Morgan fingerprint density at radius 2 is 1.90 bits per heavy atom. The first-order chi connectivity index (χ1) is 13.8. The number of nitrogens with zero attached hydrogens (tertiary/aromatic N) is 1. The third-order valence-electron chi connectivity index (χ3n) is 3.87. The van der Waals surface area contributed by atoms with E-state index in [2.05, 4.69) is 31.8 Å². The third kappa shape index (κ3) is 5.39. The summed E-state index contributed by atoms with van der Waals surface area (Å²) in [6.07, 6.45) is -0.818. The maximum Gasteiger partial charge on any atom is 0.281 e. The van der Waals surface area contributed by atoms with Crippen molar-refractivity contribution in [3.63, 3.8) is 0 Å². The fourth-order valence-corrected chi connectivity index (χ4v) is 3.74. The van der Waals surface area contributed by atoms with E-state index in [1.54, 1.807) is 44.2 Å². The fraction of sp³-hybridized carbons (Fsp3) is 0.150. The van der Waals surface area contributed by atoms with Crippen molar-refractivity contribution in [1.82, 2.24) is 15.8 Å². The molecule has 0 saturated carbocycles. The van der Waals surface area contributed by atoms with Crippen molar-refractivity contribution in [2.24, 2.45) is 0 Å². The highest BCUT2D eigenvalue weighted by Gasteiger charge is 2.19. The smallest absolute Gasteiger partial charge is 0.281 e. The first-order valence-corrected chi connectivity index (χ1v) is 10.2. The SMILES string of the molecule is Cc1nc(-c2ccc(F)cc2)sc1C(=O)NNC(=O)C(C)Oc1cccc(Br)c1. The van der Waals surface area contributed by atoms with Gasteiger partial charge < -0.3 is 4.74 Å². The summed E-state index contributed by atoms with van der Waals surface area (Å²) in [5.41, 5.74) is 5.95. The number of hydrogen-bond donors (Lipinski definition) is 2. The van der Waals surface area contributed by atoms with E-state index in [9.17, 15) is 14.0 Å². The molecule has 3 aromatic rings. The minimum atomic E-state index is -0.818. The van der Waals surface area contributed by atoms with E-state index in [1.807, 2.05) is 6.07 Å². The number of hydrazine groups is 1. The lowest BCUT2D eigenvalue weighted by Gasteiger charge is -2.15. The molecular formula is C20H17BrFN3O3S. The Hall–Kier alpha value is -2.78. The highest BCUT2D eigenvalue weighted by molar-refractivity contribution is 9.10. The standard InChI is InChI=1S/C20H17BrFN3O3S/c1-11-17(29-20(23-11)13-6-8-15(22)9-7-13)19(27)25-24-18(26)12(2)28-16-5-3-4-14(21)10-16/h3-10,12H,1-2H3,(H,24,26)(H,25,27). The van der Waals surface area contributed by atoms with Crippen molar-refractivity contribution in [2.75, 3.05) is 0 Å². The summed E-state index contributed by atoms with van der Waals surface area (Å²) in [5.74, 6) is -0.812. The van der Waals surface area contributed by atoms with Gasteiger partial charge in [0.25, 0.3) is 11.8 Å². The molecule has 0 spiro atoms.